The minimum absolute atomic E-state index is 0.0426. The highest BCUT2D eigenvalue weighted by atomic mass is 16.5. The number of hydrogen-bond donors (Lipinski definition) is 1. The number of esters is 2. The van der Waals surface area contributed by atoms with Crippen LogP contribution in [0.3, 0.4) is 0 Å². The van der Waals surface area contributed by atoms with Crippen molar-refractivity contribution in [3.05, 3.63) is 34.9 Å². The first-order valence-corrected chi connectivity index (χ1v) is 6.70. The second-order valence-corrected chi connectivity index (χ2v) is 4.42. The summed E-state index contributed by atoms with van der Waals surface area (Å²) in [5, 5.41) is 10.4. The third-order valence-electron chi connectivity index (χ3n) is 3.31. The molecule has 0 radical (unpaired) electrons. The van der Waals surface area contributed by atoms with Crippen molar-refractivity contribution < 1.29 is 28.9 Å². The molecule has 1 aromatic carbocycles. The molecule has 6 nitrogen and oxygen atoms in total. The average Bonchev–Trinajstić information content (AvgIpc) is 2.54. The third-order valence-corrected chi connectivity index (χ3v) is 3.31. The lowest BCUT2D eigenvalue weighted by atomic mass is 9.91. The molecular formula is C16H20O6. The molecular weight excluding hydrogens is 288 g/mol. The third kappa shape index (κ3) is 2.90. The molecule has 0 amide bonds. The van der Waals surface area contributed by atoms with Gasteiger partial charge >= 0.3 is 11.9 Å². The molecule has 6 heteroatoms. The minimum atomic E-state index is -0.819. The average molecular weight is 308 g/mol. The zero-order valence-corrected chi connectivity index (χ0v) is 13.2. The number of aromatic hydroxyl groups is 1. The maximum atomic E-state index is 12.1. The Balaban J connectivity index is 3.93. The van der Waals surface area contributed by atoms with Crippen LogP contribution in [0.2, 0.25) is 0 Å². The van der Waals surface area contributed by atoms with Crippen molar-refractivity contribution in [1.82, 2.24) is 0 Å². The van der Waals surface area contributed by atoms with Gasteiger partial charge in [-0.3, -0.25) is 0 Å². The second kappa shape index (κ2) is 7.49. The van der Waals surface area contributed by atoms with Crippen LogP contribution < -0.4 is 4.74 Å². The Morgan fingerprint density at radius 2 is 1.64 bits per heavy atom. The van der Waals surface area contributed by atoms with Crippen LogP contribution in [0.4, 0.5) is 0 Å². The lowest BCUT2D eigenvalue weighted by Crippen LogP contribution is -2.17. The van der Waals surface area contributed by atoms with Crippen LogP contribution in [0.5, 0.6) is 11.5 Å². The molecule has 0 aliphatic rings. The lowest BCUT2D eigenvalue weighted by molar-refractivity contribution is 0.0550. The Kier molecular flexibility index (Phi) is 5.98. The van der Waals surface area contributed by atoms with Gasteiger partial charge in [0.1, 0.15) is 17.1 Å². The van der Waals surface area contributed by atoms with E-state index in [1.807, 2.05) is 0 Å². The molecule has 0 aliphatic carbocycles. The van der Waals surface area contributed by atoms with Crippen LogP contribution in [0.15, 0.2) is 12.7 Å². The molecule has 0 aromatic heterocycles. The van der Waals surface area contributed by atoms with Crippen molar-refractivity contribution in [2.24, 2.45) is 0 Å². The fraction of sp³-hybridized carbons (Fsp3) is 0.375. The fourth-order valence-corrected chi connectivity index (χ4v) is 2.37. The standard InChI is InChI=1S/C16H20O6/c1-6-8-10-13(17)12(16(19)22-5)11(15(18)21-4)9(7-2)14(10)20-3/h6,17H,1,7-8H2,2-5H3. The molecule has 0 aliphatic heterocycles. The number of rotatable bonds is 6. The highest BCUT2D eigenvalue weighted by Crippen LogP contribution is 2.40. The Morgan fingerprint density at radius 3 is 2.05 bits per heavy atom. The van der Waals surface area contributed by atoms with Crippen LogP contribution in [0.1, 0.15) is 38.8 Å². The molecule has 22 heavy (non-hydrogen) atoms. The predicted octanol–water partition coefficient (Wildman–Crippen LogP) is 2.26. The first-order chi connectivity index (χ1) is 10.5. The Hall–Kier alpha value is -2.50. The SMILES string of the molecule is C=CCc1c(O)c(C(=O)OC)c(C(=O)OC)c(CC)c1OC. The number of phenolic OH excluding ortho intramolecular Hbond substituents is 1. The number of allylic oxidation sites excluding steroid dienone is 1. The van der Waals surface area contributed by atoms with Crippen LogP contribution in [0.25, 0.3) is 0 Å². The van der Waals surface area contributed by atoms with Gasteiger partial charge in [-0.25, -0.2) is 9.59 Å². The van der Waals surface area contributed by atoms with Gasteiger partial charge < -0.3 is 19.3 Å². The number of carbonyl (C=O) groups excluding carboxylic acids is 2. The largest absolute Gasteiger partial charge is 0.507 e. The van der Waals surface area contributed by atoms with Gasteiger partial charge in [-0.1, -0.05) is 13.0 Å². The predicted molar refractivity (Wildman–Crippen MR) is 80.6 cm³/mol. The van der Waals surface area contributed by atoms with Crippen molar-refractivity contribution >= 4 is 11.9 Å². The zero-order valence-electron chi connectivity index (χ0n) is 13.2. The quantitative estimate of drug-likeness (QED) is 0.641. The first kappa shape index (κ1) is 17.6. The Morgan fingerprint density at radius 1 is 1.09 bits per heavy atom. The van der Waals surface area contributed by atoms with Gasteiger partial charge in [0.15, 0.2) is 0 Å². The van der Waals surface area contributed by atoms with E-state index in [-0.39, 0.29) is 23.3 Å². The molecule has 0 bridgehead atoms. The summed E-state index contributed by atoms with van der Waals surface area (Å²) >= 11 is 0. The molecule has 0 spiro atoms. The Bertz CT molecular complexity index is 603. The smallest absolute Gasteiger partial charge is 0.342 e. The van der Waals surface area contributed by atoms with Crippen LogP contribution >= 0.6 is 0 Å². The number of benzene rings is 1. The van der Waals surface area contributed by atoms with E-state index in [9.17, 15) is 14.7 Å². The molecule has 0 atom stereocenters. The zero-order chi connectivity index (χ0) is 16.9. The number of carbonyl (C=O) groups is 2. The molecule has 0 saturated heterocycles. The lowest BCUT2D eigenvalue weighted by Gasteiger charge is -2.20. The van der Waals surface area contributed by atoms with E-state index >= 15 is 0 Å². The summed E-state index contributed by atoms with van der Waals surface area (Å²) in [6.07, 6.45) is 2.24. The van der Waals surface area contributed by atoms with Gasteiger partial charge in [0.05, 0.1) is 26.9 Å². The van der Waals surface area contributed by atoms with Gasteiger partial charge in [-0.05, 0) is 12.8 Å². The maximum Gasteiger partial charge on any atom is 0.342 e. The van der Waals surface area contributed by atoms with E-state index in [1.54, 1.807) is 13.0 Å². The van der Waals surface area contributed by atoms with E-state index in [0.29, 0.717) is 23.3 Å². The number of methoxy groups -OCH3 is 3. The summed E-state index contributed by atoms with van der Waals surface area (Å²) in [6, 6.07) is 0. The number of ether oxygens (including phenoxy) is 3. The second-order valence-electron chi connectivity index (χ2n) is 4.42. The Labute approximate surface area is 129 Å². The van der Waals surface area contributed by atoms with Gasteiger partial charge in [-0.15, -0.1) is 6.58 Å². The van der Waals surface area contributed by atoms with Crippen molar-refractivity contribution in [2.45, 2.75) is 19.8 Å². The first-order valence-electron chi connectivity index (χ1n) is 6.70. The van der Waals surface area contributed by atoms with E-state index in [1.165, 1.54) is 21.3 Å². The summed E-state index contributed by atoms with van der Waals surface area (Å²) in [5.74, 6) is -1.58. The van der Waals surface area contributed by atoms with Crippen molar-refractivity contribution in [2.75, 3.05) is 21.3 Å². The summed E-state index contributed by atoms with van der Waals surface area (Å²) in [7, 11) is 3.80. The van der Waals surface area contributed by atoms with Crippen molar-refractivity contribution in [3.8, 4) is 11.5 Å². The number of hydrogen-bond acceptors (Lipinski definition) is 6. The van der Waals surface area contributed by atoms with Crippen molar-refractivity contribution in [1.29, 1.82) is 0 Å². The van der Waals surface area contributed by atoms with Gasteiger partial charge in [-0.2, -0.15) is 0 Å². The molecule has 0 saturated carbocycles. The van der Waals surface area contributed by atoms with E-state index < -0.39 is 11.9 Å². The van der Waals surface area contributed by atoms with Crippen LogP contribution in [0, 0.1) is 0 Å². The topological polar surface area (TPSA) is 82.1 Å². The molecule has 1 rings (SSSR count). The molecule has 1 N–H and O–H groups in total. The van der Waals surface area contributed by atoms with Gasteiger partial charge in [0.2, 0.25) is 0 Å². The van der Waals surface area contributed by atoms with Crippen molar-refractivity contribution in [3.63, 3.8) is 0 Å². The molecule has 120 valence electrons. The van der Waals surface area contributed by atoms with Gasteiger partial charge in [0, 0.05) is 11.1 Å². The monoisotopic (exact) mass is 308 g/mol. The highest BCUT2D eigenvalue weighted by Gasteiger charge is 2.31. The summed E-state index contributed by atoms with van der Waals surface area (Å²) in [6.45, 7) is 5.43. The molecule has 0 fully saturated rings. The number of phenols is 1. The molecule has 0 unspecified atom stereocenters. The molecule has 0 heterocycles. The maximum absolute atomic E-state index is 12.1. The van der Waals surface area contributed by atoms with Gasteiger partial charge in [0.25, 0.3) is 0 Å². The summed E-state index contributed by atoms with van der Waals surface area (Å²) in [4.78, 5) is 24.2. The summed E-state index contributed by atoms with van der Waals surface area (Å²) < 4.78 is 14.8. The highest BCUT2D eigenvalue weighted by molar-refractivity contribution is 6.07. The normalized spacial score (nSPS) is 10.0. The minimum Gasteiger partial charge on any atom is -0.507 e. The van der Waals surface area contributed by atoms with E-state index in [2.05, 4.69) is 11.3 Å². The molecule has 1 aromatic rings. The van der Waals surface area contributed by atoms with Crippen LogP contribution in [-0.4, -0.2) is 38.4 Å². The van der Waals surface area contributed by atoms with E-state index in [4.69, 9.17) is 9.47 Å². The fourth-order valence-electron chi connectivity index (χ4n) is 2.37. The van der Waals surface area contributed by atoms with Crippen LogP contribution in [-0.2, 0) is 22.3 Å². The van der Waals surface area contributed by atoms with E-state index in [0.717, 1.165) is 0 Å². The summed E-state index contributed by atoms with van der Waals surface area (Å²) in [5.41, 5.74) is 0.592.